The van der Waals surface area contributed by atoms with Crippen LogP contribution in [-0.2, 0) is 11.8 Å². The minimum atomic E-state index is -2.37. The first-order valence-corrected chi connectivity index (χ1v) is 5.21. The van der Waals surface area contributed by atoms with Crippen molar-refractivity contribution in [1.29, 1.82) is 0 Å². The maximum atomic E-state index is 8.51. The lowest BCUT2D eigenvalue weighted by Gasteiger charge is -2.01. The Hall–Kier alpha value is 0.920. The Labute approximate surface area is 47.2 Å². The van der Waals surface area contributed by atoms with E-state index in [1.54, 1.807) is 7.05 Å². The first-order chi connectivity index (χ1) is 2.56. The summed E-state index contributed by atoms with van der Waals surface area (Å²) in [5.74, 6) is 0. The molecule has 2 nitrogen and oxygen atoms in total. The molecule has 0 rings (SSSR count). The molecule has 0 saturated carbocycles. The van der Waals surface area contributed by atoms with Crippen molar-refractivity contribution in [3.8, 4) is 0 Å². The summed E-state index contributed by atoms with van der Waals surface area (Å²) in [5, 5.41) is 2.45. The van der Waals surface area contributed by atoms with Crippen LogP contribution in [0.4, 0.5) is 0 Å². The van der Waals surface area contributed by atoms with Gasteiger partial charge < -0.3 is 4.89 Å². The molecular weight excluding hydrogens is 137 g/mol. The van der Waals surface area contributed by atoms with Crippen molar-refractivity contribution >= 4 is 29.7 Å². The van der Waals surface area contributed by atoms with E-state index < -0.39 is 5.62 Å². The van der Waals surface area contributed by atoms with Crippen LogP contribution in [0.3, 0.4) is 0 Å². The van der Waals surface area contributed by atoms with Gasteiger partial charge in [-0.3, -0.25) is 5.09 Å². The second kappa shape index (κ2) is 2.28. The van der Waals surface area contributed by atoms with E-state index in [1.165, 1.54) is 0 Å². The van der Waals surface area contributed by atoms with Gasteiger partial charge in [-0.1, -0.05) is 0 Å². The summed E-state index contributed by atoms with van der Waals surface area (Å²) in [6, 6.07) is 0. The molecule has 0 bridgehead atoms. The molecule has 2 N–H and O–H groups in total. The maximum Gasteiger partial charge on any atom is 0.179 e. The van der Waals surface area contributed by atoms with Crippen molar-refractivity contribution in [3.05, 3.63) is 0 Å². The first-order valence-electron chi connectivity index (χ1n) is 1.31. The first kappa shape index (κ1) is 6.92. The van der Waals surface area contributed by atoms with Crippen LogP contribution in [0, 0.1) is 0 Å². The van der Waals surface area contributed by atoms with Crippen LogP contribution >= 0.6 is 17.9 Å². The van der Waals surface area contributed by atoms with Crippen LogP contribution in [0.1, 0.15) is 0 Å². The van der Waals surface area contributed by atoms with E-state index in [-0.39, 0.29) is 0 Å². The fraction of sp³-hybridized carbons (Fsp3) is 1.00. The molecule has 0 radical (unpaired) electrons. The number of rotatable bonds is 1. The minimum Gasteiger partial charge on any atom is -0.347 e. The normalized spacial score (nSPS) is 19.8. The highest BCUT2D eigenvalue weighted by molar-refractivity contribution is 8.60. The van der Waals surface area contributed by atoms with E-state index in [0.717, 1.165) is 0 Å². The van der Waals surface area contributed by atoms with Crippen molar-refractivity contribution in [2.24, 2.45) is 0 Å². The summed E-state index contributed by atoms with van der Waals surface area (Å²) >= 11 is 8.03. The van der Waals surface area contributed by atoms with Gasteiger partial charge in [-0.15, -0.1) is 12.2 Å². The maximum absolute atomic E-state index is 8.51. The summed E-state index contributed by atoms with van der Waals surface area (Å²) in [6.45, 7) is 0. The van der Waals surface area contributed by atoms with Gasteiger partial charge in [0.15, 0.2) is 5.62 Å². The van der Waals surface area contributed by atoms with E-state index in [4.69, 9.17) is 4.89 Å². The van der Waals surface area contributed by atoms with Gasteiger partial charge in [0.1, 0.15) is 0 Å². The van der Waals surface area contributed by atoms with Crippen LogP contribution < -0.4 is 5.09 Å². The molecule has 0 aromatic rings. The van der Waals surface area contributed by atoms with Gasteiger partial charge >= 0.3 is 0 Å². The van der Waals surface area contributed by atoms with Crippen LogP contribution in [0.2, 0.25) is 0 Å². The van der Waals surface area contributed by atoms with Crippen LogP contribution in [0.15, 0.2) is 0 Å². The molecule has 1 unspecified atom stereocenters. The SMILES string of the molecule is CNP(O)(=S)S. The van der Waals surface area contributed by atoms with Gasteiger partial charge in [-0.25, -0.2) is 0 Å². The molecule has 0 aromatic heterocycles. The highest BCUT2D eigenvalue weighted by Gasteiger charge is 1.95. The molecule has 1 atom stereocenters. The second-order valence-corrected chi connectivity index (χ2v) is 6.44. The van der Waals surface area contributed by atoms with E-state index >= 15 is 0 Å². The quantitative estimate of drug-likeness (QED) is 0.366. The predicted octanol–water partition coefficient (Wildman–Crippen LogP) is 0.352. The number of hydrogen-bond acceptors (Lipinski definition) is 1. The zero-order valence-corrected chi connectivity index (χ0v) is 5.86. The molecule has 0 fully saturated rings. The topological polar surface area (TPSA) is 32.3 Å². The highest BCUT2D eigenvalue weighted by atomic mass is 32.9. The van der Waals surface area contributed by atoms with Gasteiger partial charge in [0.25, 0.3) is 0 Å². The average Bonchev–Trinajstić information content (AvgIpc) is 1.35. The fourth-order valence-electron chi connectivity index (χ4n) is 0. The number of hydrogen-bond donors (Lipinski definition) is 3. The molecule has 0 spiro atoms. The third kappa shape index (κ3) is 4.92. The average molecular weight is 143 g/mol. The summed E-state index contributed by atoms with van der Waals surface area (Å²) < 4.78 is 0. The van der Waals surface area contributed by atoms with E-state index in [1.807, 2.05) is 0 Å². The summed E-state index contributed by atoms with van der Waals surface area (Å²) in [4.78, 5) is 8.51. The van der Waals surface area contributed by atoms with Crippen molar-refractivity contribution < 1.29 is 4.89 Å². The summed E-state index contributed by atoms with van der Waals surface area (Å²) in [6.07, 6.45) is 0. The van der Waals surface area contributed by atoms with Crippen LogP contribution in [0.25, 0.3) is 0 Å². The molecule has 5 heteroatoms. The minimum absolute atomic E-state index is 1.58. The Morgan fingerprint density at radius 3 is 2.17 bits per heavy atom. The van der Waals surface area contributed by atoms with Crippen LogP contribution in [0.5, 0.6) is 0 Å². The van der Waals surface area contributed by atoms with Gasteiger partial charge in [0, 0.05) is 0 Å². The van der Waals surface area contributed by atoms with E-state index in [9.17, 15) is 0 Å². The fourth-order valence-corrected chi connectivity index (χ4v) is 0. The Balaban J connectivity index is 3.48. The standard InChI is InChI=1S/CH6NOPS2/c1-2-4(3,5)6/h1H3,(H3,2,3,5,6). The molecule has 0 heterocycles. The molecule has 6 heavy (non-hydrogen) atoms. The van der Waals surface area contributed by atoms with Gasteiger partial charge in [-0.05, 0) is 18.9 Å². The van der Waals surface area contributed by atoms with Crippen LogP contribution in [-0.4, -0.2) is 11.9 Å². The Morgan fingerprint density at radius 1 is 2.00 bits per heavy atom. The lowest BCUT2D eigenvalue weighted by atomic mass is 11.6. The third-order valence-electron chi connectivity index (χ3n) is 0.291. The molecule has 0 aliphatic carbocycles. The Bertz CT molecular complexity index is 77.6. The van der Waals surface area contributed by atoms with E-state index in [0.29, 0.717) is 0 Å². The molecule has 0 amide bonds. The third-order valence-corrected chi connectivity index (χ3v) is 2.02. The van der Waals surface area contributed by atoms with Gasteiger partial charge in [0.2, 0.25) is 0 Å². The monoisotopic (exact) mass is 143 g/mol. The molecule has 0 aliphatic heterocycles. The van der Waals surface area contributed by atoms with Gasteiger partial charge in [-0.2, -0.15) is 0 Å². The lowest BCUT2D eigenvalue weighted by molar-refractivity contribution is 0.630. The molecule has 0 aromatic carbocycles. The molecular formula is CH6NOPS2. The van der Waals surface area contributed by atoms with Crippen molar-refractivity contribution in [1.82, 2.24) is 5.09 Å². The highest BCUT2D eigenvalue weighted by Crippen LogP contribution is 2.39. The largest absolute Gasteiger partial charge is 0.347 e. The zero-order valence-electron chi connectivity index (χ0n) is 3.25. The summed E-state index contributed by atoms with van der Waals surface area (Å²) in [7, 11) is 1.58. The number of nitrogens with one attached hydrogen (secondary N) is 1. The van der Waals surface area contributed by atoms with Crippen molar-refractivity contribution in [3.63, 3.8) is 0 Å². The predicted molar refractivity (Wildman–Crippen MR) is 34.5 cm³/mol. The van der Waals surface area contributed by atoms with E-state index in [2.05, 4.69) is 29.1 Å². The molecule has 0 saturated heterocycles. The summed E-state index contributed by atoms with van der Waals surface area (Å²) in [5.41, 5.74) is -2.37. The molecule has 0 aliphatic rings. The smallest absolute Gasteiger partial charge is 0.179 e. The number of thiol groups is 1. The lowest BCUT2D eigenvalue weighted by Crippen LogP contribution is -1.93. The van der Waals surface area contributed by atoms with Crippen molar-refractivity contribution in [2.45, 2.75) is 0 Å². The Morgan fingerprint density at radius 2 is 2.17 bits per heavy atom. The second-order valence-electron chi connectivity index (χ2n) is 0.768. The Kier molecular flexibility index (Phi) is 2.63. The van der Waals surface area contributed by atoms with Gasteiger partial charge in [0.05, 0.1) is 0 Å². The van der Waals surface area contributed by atoms with Crippen molar-refractivity contribution in [2.75, 3.05) is 7.05 Å². The molecule has 38 valence electrons. The zero-order chi connectivity index (χ0) is 5.21.